The van der Waals surface area contributed by atoms with Crippen molar-refractivity contribution < 1.29 is 28.5 Å². The fraction of sp³-hybridized carbons (Fsp3) is 0.333. The number of hydrogen-bond donors (Lipinski definition) is 0. The summed E-state index contributed by atoms with van der Waals surface area (Å²) in [6.45, 7) is 6.74. The summed E-state index contributed by atoms with van der Waals surface area (Å²) in [6.07, 6.45) is 2.21. The van der Waals surface area contributed by atoms with E-state index >= 15 is 0 Å². The van der Waals surface area contributed by atoms with Crippen molar-refractivity contribution in [3.63, 3.8) is 0 Å². The zero-order valence-electron chi connectivity index (χ0n) is 14.3. The van der Waals surface area contributed by atoms with Gasteiger partial charge in [-0.3, -0.25) is 0 Å². The van der Waals surface area contributed by atoms with E-state index < -0.39 is 18.2 Å². The van der Waals surface area contributed by atoms with Crippen LogP contribution in [0.25, 0.3) is 6.08 Å². The molecule has 1 aromatic rings. The van der Waals surface area contributed by atoms with Crippen LogP contribution in [-0.4, -0.2) is 32.4 Å². The number of esters is 2. The summed E-state index contributed by atoms with van der Waals surface area (Å²) >= 11 is 0. The molecule has 0 aliphatic heterocycles. The Morgan fingerprint density at radius 1 is 1.17 bits per heavy atom. The molecule has 0 amide bonds. The normalized spacial score (nSPS) is 11.7. The summed E-state index contributed by atoms with van der Waals surface area (Å²) in [5.74, 6) is -0.0745. The molecule has 0 aromatic heterocycles. The van der Waals surface area contributed by atoms with Crippen LogP contribution >= 0.6 is 0 Å². The Balaban J connectivity index is 2.71. The van der Waals surface area contributed by atoms with Gasteiger partial charge < -0.3 is 18.9 Å². The lowest BCUT2D eigenvalue weighted by Gasteiger charge is -2.15. The molecule has 0 saturated heterocycles. The molecule has 0 heterocycles. The van der Waals surface area contributed by atoms with Crippen molar-refractivity contribution in [1.82, 2.24) is 0 Å². The molecule has 0 spiro atoms. The molecule has 0 radical (unpaired) electrons. The second-order valence-corrected chi connectivity index (χ2v) is 4.91. The van der Waals surface area contributed by atoms with Gasteiger partial charge in [0.25, 0.3) is 0 Å². The van der Waals surface area contributed by atoms with E-state index in [1.807, 2.05) is 0 Å². The van der Waals surface area contributed by atoms with Gasteiger partial charge in [-0.25, -0.2) is 9.59 Å². The fourth-order valence-corrected chi connectivity index (χ4v) is 1.70. The molecule has 6 nitrogen and oxygen atoms in total. The monoisotopic (exact) mass is 334 g/mol. The van der Waals surface area contributed by atoms with Crippen molar-refractivity contribution in [2.45, 2.75) is 26.6 Å². The van der Waals surface area contributed by atoms with Crippen LogP contribution in [-0.2, 0) is 19.1 Å². The van der Waals surface area contributed by atoms with E-state index in [4.69, 9.17) is 18.9 Å². The van der Waals surface area contributed by atoms with E-state index in [0.717, 1.165) is 5.56 Å². The van der Waals surface area contributed by atoms with E-state index in [9.17, 15) is 9.59 Å². The van der Waals surface area contributed by atoms with Crippen molar-refractivity contribution in [2.24, 2.45) is 0 Å². The zero-order chi connectivity index (χ0) is 18.1. The number of rotatable bonds is 8. The summed E-state index contributed by atoms with van der Waals surface area (Å²) in [6, 6.07) is 5.22. The highest BCUT2D eigenvalue weighted by molar-refractivity contribution is 5.88. The second-order valence-electron chi connectivity index (χ2n) is 4.91. The maximum Gasteiger partial charge on any atom is 0.336 e. The number of ether oxygens (including phenoxy) is 4. The average Bonchev–Trinajstić information content (AvgIpc) is 2.58. The van der Waals surface area contributed by atoms with E-state index in [0.29, 0.717) is 17.9 Å². The number of carbonyl (C=O) groups is 2. The van der Waals surface area contributed by atoms with Gasteiger partial charge in [0, 0.05) is 18.1 Å². The number of methoxy groups -OCH3 is 2. The van der Waals surface area contributed by atoms with Crippen LogP contribution in [0.2, 0.25) is 0 Å². The molecule has 6 heteroatoms. The Bertz CT molecular complexity index is 632. The highest BCUT2D eigenvalue weighted by atomic mass is 16.7. The Labute approximate surface area is 141 Å². The summed E-state index contributed by atoms with van der Waals surface area (Å²) in [4.78, 5) is 23.3. The van der Waals surface area contributed by atoms with E-state index in [1.165, 1.54) is 20.1 Å². The van der Waals surface area contributed by atoms with Crippen LogP contribution in [0.15, 0.2) is 36.4 Å². The molecular formula is C18H22O6. The summed E-state index contributed by atoms with van der Waals surface area (Å²) in [7, 11) is 3.07. The van der Waals surface area contributed by atoms with Crippen LogP contribution in [0.1, 0.15) is 25.8 Å². The van der Waals surface area contributed by atoms with Gasteiger partial charge >= 0.3 is 11.9 Å². The molecule has 0 N–H and O–H groups in total. The second kappa shape index (κ2) is 9.39. The largest absolute Gasteiger partial charge is 0.493 e. The first-order valence-corrected chi connectivity index (χ1v) is 7.38. The van der Waals surface area contributed by atoms with Gasteiger partial charge in [-0.05, 0) is 30.7 Å². The lowest BCUT2D eigenvalue weighted by molar-refractivity contribution is -0.181. The maximum absolute atomic E-state index is 11.8. The molecule has 0 aliphatic carbocycles. The quantitative estimate of drug-likeness (QED) is 0.413. The fourth-order valence-electron chi connectivity index (χ4n) is 1.70. The predicted molar refractivity (Wildman–Crippen MR) is 89.7 cm³/mol. The first-order valence-electron chi connectivity index (χ1n) is 7.38. The topological polar surface area (TPSA) is 71.1 Å². The van der Waals surface area contributed by atoms with Gasteiger partial charge in [0.1, 0.15) is 0 Å². The highest BCUT2D eigenvalue weighted by Crippen LogP contribution is 2.27. The molecular weight excluding hydrogens is 312 g/mol. The van der Waals surface area contributed by atoms with Gasteiger partial charge in [0.05, 0.1) is 14.2 Å². The van der Waals surface area contributed by atoms with Gasteiger partial charge in [0.15, 0.2) is 11.5 Å². The third-order valence-electron chi connectivity index (χ3n) is 2.99. The molecule has 24 heavy (non-hydrogen) atoms. The van der Waals surface area contributed by atoms with Crippen molar-refractivity contribution in [3.8, 4) is 11.5 Å². The predicted octanol–water partition coefficient (Wildman–Crippen LogP) is 3.12. The highest BCUT2D eigenvalue weighted by Gasteiger charge is 2.16. The van der Waals surface area contributed by atoms with Crippen LogP contribution < -0.4 is 9.47 Å². The molecule has 0 saturated carbocycles. The molecule has 0 aliphatic rings. The number of hydrogen-bond acceptors (Lipinski definition) is 6. The summed E-state index contributed by atoms with van der Waals surface area (Å²) in [5.41, 5.74) is 0.974. The van der Waals surface area contributed by atoms with E-state index in [1.54, 1.807) is 38.3 Å². The average molecular weight is 334 g/mol. The minimum absolute atomic E-state index is 0.241. The molecule has 1 unspecified atom stereocenters. The van der Waals surface area contributed by atoms with Gasteiger partial charge in [0.2, 0.25) is 6.29 Å². The molecule has 130 valence electrons. The summed E-state index contributed by atoms with van der Waals surface area (Å²) in [5, 5.41) is 0. The van der Waals surface area contributed by atoms with Crippen molar-refractivity contribution in [1.29, 1.82) is 0 Å². The molecule has 1 atom stereocenters. The van der Waals surface area contributed by atoms with Crippen molar-refractivity contribution >= 4 is 18.0 Å². The molecule has 0 fully saturated rings. The first kappa shape index (κ1) is 19.3. The SMILES string of the molecule is C=C(C)C(=O)OC(CC)OC(=O)/C=C/c1ccc(OC)c(OC)c1. The molecule has 1 aromatic carbocycles. The molecule has 0 bridgehead atoms. The maximum atomic E-state index is 11.8. The van der Waals surface area contributed by atoms with Crippen LogP contribution in [0.3, 0.4) is 0 Å². The number of benzene rings is 1. The minimum Gasteiger partial charge on any atom is -0.493 e. The summed E-state index contributed by atoms with van der Waals surface area (Å²) < 4.78 is 20.4. The van der Waals surface area contributed by atoms with Crippen LogP contribution in [0, 0.1) is 0 Å². The van der Waals surface area contributed by atoms with E-state index in [2.05, 4.69) is 6.58 Å². The van der Waals surface area contributed by atoms with Crippen molar-refractivity contribution in [2.75, 3.05) is 14.2 Å². The Morgan fingerprint density at radius 3 is 2.38 bits per heavy atom. The lowest BCUT2D eigenvalue weighted by atomic mass is 10.2. The Morgan fingerprint density at radius 2 is 1.83 bits per heavy atom. The molecule has 1 rings (SSSR count). The van der Waals surface area contributed by atoms with Crippen LogP contribution in [0.5, 0.6) is 11.5 Å². The Hall–Kier alpha value is -2.76. The third kappa shape index (κ3) is 5.79. The number of carbonyl (C=O) groups excluding carboxylic acids is 2. The third-order valence-corrected chi connectivity index (χ3v) is 2.99. The van der Waals surface area contributed by atoms with Gasteiger partial charge in [-0.2, -0.15) is 0 Å². The smallest absolute Gasteiger partial charge is 0.336 e. The van der Waals surface area contributed by atoms with Crippen LogP contribution in [0.4, 0.5) is 0 Å². The standard InChI is InChI=1S/C18H22O6/c1-6-17(24-18(20)12(2)3)23-16(19)10-8-13-7-9-14(21-4)15(11-13)22-5/h7-11,17H,2,6H2,1,3-5H3/b10-8+. The van der Waals surface area contributed by atoms with Crippen molar-refractivity contribution in [3.05, 3.63) is 42.0 Å². The van der Waals surface area contributed by atoms with E-state index in [-0.39, 0.29) is 5.57 Å². The first-order chi connectivity index (χ1) is 11.4. The zero-order valence-corrected chi connectivity index (χ0v) is 14.3. The van der Waals surface area contributed by atoms with Gasteiger partial charge in [-0.15, -0.1) is 0 Å². The lowest BCUT2D eigenvalue weighted by Crippen LogP contribution is -2.23. The van der Waals surface area contributed by atoms with Gasteiger partial charge in [-0.1, -0.05) is 19.6 Å². The minimum atomic E-state index is -0.947. The Kier molecular flexibility index (Phi) is 7.55.